The molecule has 2 rings (SSSR count). The molecule has 1 aromatic rings. The zero-order valence-electron chi connectivity index (χ0n) is 15.8. The van der Waals surface area contributed by atoms with Gasteiger partial charge < -0.3 is 15.5 Å². The molecule has 2 N–H and O–H groups in total. The Hall–Kier alpha value is -1.18. The SMILES string of the molecule is CC(C)N(C)CCCCNC(=O)C(=O)Nc1cccc(C2SCCS2)c1. The Morgan fingerprint density at radius 1 is 1.19 bits per heavy atom. The fourth-order valence-corrected chi connectivity index (χ4v) is 5.37. The van der Waals surface area contributed by atoms with Gasteiger partial charge in [-0.15, -0.1) is 23.5 Å². The lowest BCUT2D eigenvalue weighted by Gasteiger charge is -2.20. The third-order valence-electron chi connectivity index (χ3n) is 4.35. The van der Waals surface area contributed by atoms with Gasteiger partial charge in [-0.2, -0.15) is 0 Å². The van der Waals surface area contributed by atoms with Crippen LogP contribution in [0.5, 0.6) is 0 Å². The van der Waals surface area contributed by atoms with Gasteiger partial charge in [-0.25, -0.2) is 0 Å². The van der Waals surface area contributed by atoms with Crippen molar-refractivity contribution in [3.63, 3.8) is 0 Å². The summed E-state index contributed by atoms with van der Waals surface area (Å²) in [7, 11) is 2.09. The molecule has 1 aliphatic rings. The fraction of sp³-hybridized carbons (Fsp3) is 0.579. The molecule has 0 saturated carbocycles. The molecular weight excluding hydrogens is 366 g/mol. The number of hydrogen-bond acceptors (Lipinski definition) is 5. The summed E-state index contributed by atoms with van der Waals surface area (Å²) < 4.78 is 0.421. The topological polar surface area (TPSA) is 61.4 Å². The normalized spacial score (nSPS) is 14.8. The smallest absolute Gasteiger partial charge is 0.313 e. The highest BCUT2D eigenvalue weighted by atomic mass is 32.2. The number of anilines is 1. The molecule has 0 aromatic heterocycles. The van der Waals surface area contributed by atoms with Gasteiger partial charge in [0.2, 0.25) is 0 Å². The van der Waals surface area contributed by atoms with Crippen LogP contribution in [0, 0.1) is 0 Å². The highest BCUT2D eigenvalue weighted by Gasteiger charge is 2.19. The largest absolute Gasteiger partial charge is 0.348 e. The highest BCUT2D eigenvalue weighted by Crippen LogP contribution is 2.45. The van der Waals surface area contributed by atoms with Crippen LogP contribution in [0.15, 0.2) is 24.3 Å². The first-order valence-corrected chi connectivity index (χ1v) is 11.2. The van der Waals surface area contributed by atoms with E-state index in [1.807, 2.05) is 41.7 Å². The van der Waals surface area contributed by atoms with Crippen LogP contribution in [0.2, 0.25) is 0 Å². The van der Waals surface area contributed by atoms with Crippen molar-refractivity contribution in [1.29, 1.82) is 0 Å². The standard InChI is InChI=1S/C19H29N3O2S2/c1-14(2)22(3)10-5-4-9-20-17(23)18(24)21-16-8-6-7-15(13-16)19-25-11-12-26-19/h6-8,13-14,19H,4-5,9-12H2,1-3H3,(H,20,23)(H,21,24). The van der Waals surface area contributed by atoms with E-state index >= 15 is 0 Å². The van der Waals surface area contributed by atoms with Crippen molar-refractivity contribution in [2.24, 2.45) is 0 Å². The third-order valence-corrected chi connectivity index (χ3v) is 7.45. The van der Waals surface area contributed by atoms with Crippen molar-refractivity contribution in [2.45, 2.75) is 37.3 Å². The summed E-state index contributed by atoms with van der Waals surface area (Å²) in [6.07, 6.45) is 1.86. The third kappa shape index (κ3) is 6.85. The molecular formula is C19H29N3O2S2. The minimum atomic E-state index is -0.604. The van der Waals surface area contributed by atoms with Crippen LogP contribution in [-0.4, -0.2) is 54.4 Å². The number of rotatable bonds is 8. The van der Waals surface area contributed by atoms with Gasteiger partial charge in [0.15, 0.2) is 0 Å². The van der Waals surface area contributed by atoms with E-state index in [9.17, 15) is 9.59 Å². The Labute approximate surface area is 165 Å². The lowest BCUT2D eigenvalue weighted by Crippen LogP contribution is -2.36. The highest BCUT2D eigenvalue weighted by molar-refractivity contribution is 8.19. The Bertz CT molecular complexity index is 604. The van der Waals surface area contributed by atoms with E-state index in [4.69, 9.17) is 0 Å². The van der Waals surface area contributed by atoms with E-state index in [-0.39, 0.29) is 0 Å². The first-order chi connectivity index (χ1) is 12.5. The number of benzene rings is 1. The number of carbonyl (C=O) groups is 2. The zero-order valence-corrected chi connectivity index (χ0v) is 17.4. The van der Waals surface area contributed by atoms with Crippen molar-refractivity contribution in [3.8, 4) is 0 Å². The van der Waals surface area contributed by atoms with Crippen LogP contribution >= 0.6 is 23.5 Å². The summed E-state index contributed by atoms with van der Waals surface area (Å²) in [5.41, 5.74) is 1.86. The number of nitrogens with one attached hydrogen (secondary N) is 2. The first-order valence-electron chi connectivity index (χ1n) is 9.10. The molecule has 1 aliphatic heterocycles. The number of hydrogen-bond donors (Lipinski definition) is 2. The van der Waals surface area contributed by atoms with Gasteiger partial charge in [0.25, 0.3) is 0 Å². The molecule has 2 amide bonds. The second-order valence-electron chi connectivity index (χ2n) is 6.69. The number of amides is 2. The average molecular weight is 396 g/mol. The average Bonchev–Trinajstić information content (AvgIpc) is 3.15. The minimum absolute atomic E-state index is 0.421. The Kier molecular flexibility index (Phi) is 8.81. The van der Waals surface area contributed by atoms with Crippen molar-refractivity contribution >= 4 is 41.0 Å². The van der Waals surface area contributed by atoms with E-state index < -0.39 is 11.8 Å². The molecule has 5 nitrogen and oxygen atoms in total. The van der Waals surface area contributed by atoms with Gasteiger partial charge in [0, 0.05) is 29.8 Å². The van der Waals surface area contributed by atoms with Crippen LogP contribution in [0.3, 0.4) is 0 Å². The van der Waals surface area contributed by atoms with Crippen LogP contribution in [-0.2, 0) is 9.59 Å². The van der Waals surface area contributed by atoms with Crippen molar-refractivity contribution in [1.82, 2.24) is 10.2 Å². The zero-order chi connectivity index (χ0) is 18.9. The quantitative estimate of drug-likeness (QED) is 0.522. The Morgan fingerprint density at radius 3 is 2.62 bits per heavy atom. The predicted molar refractivity (Wildman–Crippen MR) is 113 cm³/mol. The summed E-state index contributed by atoms with van der Waals surface area (Å²) >= 11 is 3.83. The number of nitrogens with zero attached hydrogens (tertiary/aromatic N) is 1. The van der Waals surface area contributed by atoms with Crippen LogP contribution in [0.4, 0.5) is 5.69 Å². The molecule has 144 valence electrons. The van der Waals surface area contributed by atoms with E-state index in [0.717, 1.165) is 30.9 Å². The van der Waals surface area contributed by atoms with Gasteiger partial charge in [0.1, 0.15) is 0 Å². The minimum Gasteiger partial charge on any atom is -0.348 e. The van der Waals surface area contributed by atoms with E-state index in [2.05, 4.69) is 42.5 Å². The lowest BCUT2D eigenvalue weighted by molar-refractivity contribution is -0.136. The maximum absolute atomic E-state index is 12.1. The summed E-state index contributed by atoms with van der Waals surface area (Å²) in [5, 5.41) is 5.40. The van der Waals surface area contributed by atoms with Gasteiger partial charge >= 0.3 is 11.8 Å². The van der Waals surface area contributed by atoms with Crippen LogP contribution in [0.1, 0.15) is 36.8 Å². The van der Waals surface area contributed by atoms with E-state index in [1.54, 1.807) is 0 Å². The monoisotopic (exact) mass is 395 g/mol. The molecule has 0 atom stereocenters. The maximum Gasteiger partial charge on any atom is 0.313 e. The molecule has 0 radical (unpaired) electrons. The van der Waals surface area contributed by atoms with Crippen molar-refractivity contribution in [3.05, 3.63) is 29.8 Å². The van der Waals surface area contributed by atoms with Gasteiger partial charge in [-0.3, -0.25) is 9.59 Å². The Balaban J connectivity index is 1.71. The molecule has 1 aromatic carbocycles. The molecule has 1 fully saturated rings. The molecule has 1 saturated heterocycles. The number of carbonyl (C=O) groups excluding carboxylic acids is 2. The van der Waals surface area contributed by atoms with Gasteiger partial charge in [0.05, 0.1) is 4.58 Å². The van der Waals surface area contributed by atoms with Gasteiger partial charge in [-0.05, 0) is 58.0 Å². The van der Waals surface area contributed by atoms with Crippen LogP contribution < -0.4 is 10.6 Å². The summed E-state index contributed by atoms with van der Waals surface area (Å²) in [6.45, 7) is 5.83. The molecule has 0 bridgehead atoms. The number of thioether (sulfide) groups is 2. The second-order valence-corrected chi connectivity index (χ2v) is 9.41. The van der Waals surface area contributed by atoms with E-state index in [0.29, 0.717) is 22.9 Å². The fourth-order valence-electron chi connectivity index (χ4n) is 2.53. The van der Waals surface area contributed by atoms with Crippen molar-refractivity contribution < 1.29 is 9.59 Å². The lowest BCUT2D eigenvalue weighted by atomic mass is 10.2. The maximum atomic E-state index is 12.1. The molecule has 26 heavy (non-hydrogen) atoms. The first kappa shape index (κ1) is 21.1. The molecule has 0 unspecified atom stereocenters. The van der Waals surface area contributed by atoms with E-state index in [1.165, 1.54) is 5.56 Å². The summed E-state index contributed by atoms with van der Waals surface area (Å²) in [4.78, 5) is 26.3. The van der Waals surface area contributed by atoms with Crippen LogP contribution in [0.25, 0.3) is 0 Å². The van der Waals surface area contributed by atoms with Crippen molar-refractivity contribution in [2.75, 3.05) is 37.0 Å². The molecule has 7 heteroatoms. The molecule has 1 heterocycles. The molecule has 0 spiro atoms. The van der Waals surface area contributed by atoms with Gasteiger partial charge in [-0.1, -0.05) is 12.1 Å². The number of unbranched alkanes of at least 4 members (excludes halogenated alkanes) is 1. The predicted octanol–water partition coefficient (Wildman–Crippen LogP) is 3.34. The second kappa shape index (κ2) is 10.8. The summed E-state index contributed by atoms with van der Waals surface area (Å²) in [5.74, 6) is 1.13. The Morgan fingerprint density at radius 2 is 1.92 bits per heavy atom. The summed E-state index contributed by atoms with van der Waals surface area (Å²) in [6, 6.07) is 8.30. The molecule has 0 aliphatic carbocycles.